The van der Waals surface area contributed by atoms with Gasteiger partial charge in [0.25, 0.3) is 0 Å². The van der Waals surface area contributed by atoms with Crippen molar-refractivity contribution in [3.05, 3.63) is 0 Å². The molecule has 0 aliphatic carbocycles. The number of carbonyl (C=O) groups excluding carboxylic acids is 6. The van der Waals surface area contributed by atoms with Crippen LogP contribution in [0.3, 0.4) is 0 Å². The predicted octanol–water partition coefficient (Wildman–Crippen LogP) is -12.7. The van der Waals surface area contributed by atoms with Crippen LogP contribution in [-0.2, 0) is 67.1 Å². The van der Waals surface area contributed by atoms with E-state index < -0.39 is 36.9 Å². The number of hydrogen-bond acceptors (Lipinski definition) is 30. The normalized spacial score (nSPS) is 3.60. The minimum absolute atomic E-state index is 0. The second kappa shape index (κ2) is 194. The summed E-state index contributed by atoms with van der Waals surface area (Å²) < 4.78 is 0. The zero-order valence-corrected chi connectivity index (χ0v) is 24.3. The largest absolute Gasteiger partial charge is 3.00 e. The Morgan fingerprint density at radius 3 is 0.200 bits per heavy atom. The molecule has 0 spiro atoms. The minimum Gasteiger partial charge on any atom is -0.652 e. The van der Waals surface area contributed by atoms with Crippen molar-refractivity contribution < 1.29 is 157 Å². The molecular weight excluding hydrogens is 764 g/mol. The fourth-order valence-corrected chi connectivity index (χ4v) is 0. The van der Waals surface area contributed by atoms with E-state index >= 15 is 0 Å². The molecule has 0 unspecified atom stereocenters. The molecule has 0 aromatic heterocycles. The molecule has 0 saturated heterocycles. The summed E-state index contributed by atoms with van der Waals surface area (Å²) in [5.74, 6) is 0. The third-order valence-electron chi connectivity index (χ3n) is 0. The van der Waals surface area contributed by atoms with E-state index in [0.717, 1.165) is 0 Å². The quantitative estimate of drug-likeness (QED) is 0.108. The number of carbonyl (C=O) groups is 6. The van der Waals surface area contributed by atoms with Crippen molar-refractivity contribution >= 4 is 36.9 Å². The van der Waals surface area contributed by atoms with Gasteiger partial charge in [-0.25, -0.2) is 0 Å². The van der Waals surface area contributed by atoms with Gasteiger partial charge in [-0.15, -0.1) is 0 Å². The van der Waals surface area contributed by atoms with Gasteiger partial charge in [0.15, 0.2) is 0 Å². The van der Waals surface area contributed by atoms with E-state index in [2.05, 4.69) is 0 Å². The monoisotopic (exact) mass is 800 g/mol. The van der Waals surface area contributed by atoms with Gasteiger partial charge in [-0.1, -0.05) is 0 Å². The maximum Gasteiger partial charge on any atom is 3.00 e. The van der Waals surface area contributed by atoms with Crippen LogP contribution in [0, 0.1) is 0 Å². The molecule has 0 rings (SSSR count). The van der Waals surface area contributed by atoms with Crippen LogP contribution < -0.4 is 135 Å². The standard InChI is InChI=1S/6CH2O3.4Co.12H3N/c6*2-1(3)4;;;;;;;;;;;;;;;;/h6*(H2,2,3,4);;;;;12*1H3/q;;;;;;4*+3;;;;;;;;;;;;/p-12. The van der Waals surface area contributed by atoms with E-state index in [1.54, 1.807) is 0 Å². The second-order valence-electron chi connectivity index (χ2n) is 1.50. The first-order chi connectivity index (χ1) is 10.4. The van der Waals surface area contributed by atoms with Gasteiger partial charge in [0, 0.05) is 0 Å². The van der Waals surface area contributed by atoms with Crippen LogP contribution in [0.2, 0.25) is 0 Å². The molecule has 0 aromatic carbocycles. The number of rotatable bonds is 0. The average Bonchev–Trinajstić information content (AvgIpc) is 2.08. The first-order valence-corrected chi connectivity index (χ1v) is 3.67. The Balaban J connectivity index is -0.00000000450. The molecule has 36 N–H and O–H groups in total. The van der Waals surface area contributed by atoms with Crippen LogP contribution >= 0.6 is 0 Å². The molecule has 0 fully saturated rings. The fraction of sp³-hybridized carbons (Fsp3) is 0. The van der Waals surface area contributed by atoms with Crippen LogP contribution in [0.5, 0.6) is 0 Å². The molecule has 0 amide bonds. The van der Waals surface area contributed by atoms with Crippen LogP contribution in [0.4, 0.5) is 28.8 Å². The molecule has 0 heterocycles. The predicted molar refractivity (Wildman–Crippen MR) is 92.6 cm³/mol. The Labute approximate surface area is 267 Å². The summed E-state index contributed by atoms with van der Waals surface area (Å²) in [5, 5.41) is 100. The zero-order chi connectivity index (χ0) is 21.5. The van der Waals surface area contributed by atoms with Crippen LogP contribution in [0.15, 0.2) is 0 Å². The maximum absolute atomic E-state index is 8.33. The summed E-state index contributed by atoms with van der Waals surface area (Å²) in [4.78, 5) is 50.0. The molecule has 0 bridgehead atoms. The summed E-state index contributed by atoms with van der Waals surface area (Å²) in [7, 11) is 0. The number of carboxylic acid groups (broad SMARTS) is 12. The van der Waals surface area contributed by atoms with E-state index in [-0.39, 0.29) is 141 Å². The van der Waals surface area contributed by atoms with Crippen LogP contribution in [0.1, 0.15) is 0 Å². The molecule has 0 aliphatic rings. The molecule has 0 radical (unpaired) electrons. The molecule has 0 saturated carbocycles. The molecule has 0 aromatic rings. The van der Waals surface area contributed by atoms with Gasteiger partial charge in [-0.05, 0) is 36.9 Å². The summed E-state index contributed by atoms with van der Waals surface area (Å²) in [5.41, 5.74) is 0. The Hall–Kier alpha value is -2.83. The summed E-state index contributed by atoms with van der Waals surface area (Å²) in [6.07, 6.45) is -14.0. The van der Waals surface area contributed by atoms with E-state index in [0.29, 0.717) is 0 Å². The van der Waals surface area contributed by atoms with Crippen molar-refractivity contribution in [2.45, 2.75) is 0 Å². The molecule has 34 heteroatoms. The van der Waals surface area contributed by atoms with Crippen molar-refractivity contribution in [2.24, 2.45) is 0 Å². The topological polar surface area (TPSA) is 799 Å². The van der Waals surface area contributed by atoms with Gasteiger partial charge in [-0.3, -0.25) is 0 Å². The third kappa shape index (κ3) is 5110. The van der Waals surface area contributed by atoms with Crippen molar-refractivity contribution in [2.75, 3.05) is 0 Å². The summed E-state index contributed by atoms with van der Waals surface area (Å²) in [6, 6.07) is 0. The Kier molecular flexibility index (Phi) is 1030. The molecular formula is C6H36Co4N12O18. The summed E-state index contributed by atoms with van der Waals surface area (Å²) in [6.45, 7) is 0. The van der Waals surface area contributed by atoms with Crippen LogP contribution in [0.25, 0.3) is 0 Å². The Morgan fingerprint density at radius 2 is 0.200 bits per heavy atom. The van der Waals surface area contributed by atoms with Crippen LogP contribution in [-0.4, -0.2) is 36.9 Å². The van der Waals surface area contributed by atoms with E-state index in [9.17, 15) is 0 Å². The van der Waals surface area contributed by atoms with E-state index in [1.807, 2.05) is 0 Å². The molecule has 0 aliphatic heterocycles. The van der Waals surface area contributed by atoms with Gasteiger partial charge >= 0.3 is 67.1 Å². The fourth-order valence-electron chi connectivity index (χ4n) is 0. The van der Waals surface area contributed by atoms with E-state index in [4.69, 9.17) is 90.0 Å². The van der Waals surface area contributed by atoms with Crippen molar-refractivity contribution in [1.82, 2.24) is 73.8 Å². The average molecular weight is 800 g/mol. The Morgan fingerprint density at radius 1 is 0.200 bits per heavy atom. The molecule has 264 valence electrons. The van der Waals surface area contributed by atoms with Gasteiger partial charge in [0.2, 0.25) is 0 Å². The van der Waals surface area contributed by atoms with Gasteiger partial charge < -0.3 is 164 Å². The third-order valence-corrected chi connectivity index (χ3v) is 0. The molecule has 40 heavy (non-hydrogen) atoms. The first kappa shape index (κ1) is 211. The summed E-state index contributed by atoms with van der Waals surface area (Å²) >= 11 is 0. The van der Waals surface area contributed by atoms with Crippen molar-refractivity contribution in [3.63, 3.8) is 0 Å². The van der Waals surface area contributed by atoms with Gasteiger partial charge in [-0.2, -0.15) is 0 Å². The van der Waals surface area contributed by atoms with Gasteiger partial charge in [0.1, 0.15) is 0 Å². The molecule has 30 nitrogen and oxygen atoms in total. The van der Waals surface area contributed by atoms with Crippen molar-refractivity contribution in [3.8, 4) is 0 Å². The van der Waals surface area contributed by atoms with E-state index in [1.165, 1.54) is 0 Å². The zero-order valence-electron chi connectivity index (χ0n) is 20.2. The Bertz CT molecular complexity index is 302. The maximum atomic E-state index is 8.33. The minimum atomic E-state index is -2.33. The van der Waals surface area contributed by atoms with Crippen molar-refractivity contribution in [1.29, 1.82) is 0 Å². The smallest absolute Gasteiger partial charge is 0.652 e. The second-order valence-corrected chi connectivity index (χ2v) is 1.50. The molecule has 0 atom stereocenters. The SMILES string of the molecule is N.N.N.N.N.N.N.N.N.N.N.N.O=C([O-])[O-].O=C([O-])[O-].O=C([O-])[O-].O=C([O-])[O-].O=C([O-])[O-].O=C([O-])[O-].[Co+3].[Co+3].[Co+3].[Co+3]. The van der Waals surface area contributed by atoms with Gasteiger partial charge in [0.05, 0.1) is 0 Å². The first-order valence-electron chi connectivity index (χ1n) is 3.67. The number of hydrogen-bond donors (Lipinski definition) is 12.